The third-order valence-corrected chi connectivity index (χ3v) is 7.56. The zero-order valence-electron chi connectivity index (χ0n) is 35.3. The predicted octanol–water partition coefficient (Wildman–Crippen LogP) is 7.96. The van der Waals surface area contributed by atoms with Gasteiger partial charge in [0.1, 0.15) is 36.1 Å². The summed E-state index contributed by atoms with van der Waals surface area (Å²) in [6.45, 7) is 3.54. The number of aliphatic carboxylic acids is 1. The van der Waals surface area contributed by atoms with Crippen LogP contribution in [0.2, 0.25) is 0 Å². The number of esters is 1. The number of rotatable bonds is 12. The van der Waals surface area contributed by atoms with Crippen molar-refractivity contribution < 1.29 is 120 Å². The Morgan fingerprint density at radius 1 is 0.478 bits per heavy atom. The molecule has 0 saturated heterocycles. The molecule has 0 spiro atoms. The molecule has 0 unspecified atom stereocenters. The van der Waals surface area contributed by atoms with Gasteiger partial charge in [0, 0.05) is 16.8 Å². The number of carbonyl (C=O) groups is 6. The summed E-state index contributed by atoms with van der Waals surface area (Å²) in [6.07, 6.45) is -19.4. The van der Waals surface area contributed by atoms with Gasteiger partial charge in [-0.05, 0) is 92.1 Å². The van der Waals surface area contributed by atoms with Gasteiger partial charge in [-0.3, -0.25) is 19.2 Å². The maximum absolute atomic E-state index is 12.1. The number of nitrogen functional groups attached to an aromatic ring is 1. The monoisotopic (exact) mass is 1010 g/mol. The van der Waals surface area contributed by atoms with Crippen molar-refractivity contribution in [3.8, 4) is 23.0 Å². The third kappa shape index (κ3) is 23.7. The molecule has 0 aliphatic heterocycles. The van der Waals surface area contributed by atoms with Crippen LogP contribution in [-0.4, -0.2) is 96.7 Å². The number of hydrogen-bond acceptors (Lipinski definition) is 12. The Balaban J connectivity index is 0.000000464. The highest BCUT2D eigenvalue weighted by Crippen LogP contribution is 2.28. The molecular weight excluding hydrogens is 974 g/mol. The Labute approximate surface area is 379 Å². The summed E-state index contributed by atoms with van der Waals surface area (Å²) in [6, 6.07) is 12.5. The average Bonchev–Trinajstić information content (AvgIpc) is 3.20. The topological polar surface area (TPSA) is 259 Å². The summed E-state index contributed by atoms with van der Waals surface area (Å²) in [5, 5.41) is 29.9. The number of alkyl halides is 12. The molecule has 0 radical (unpaired) electrons. The molecule has 0 aromatic heterocycles. The van der Waals surface area contributed by atoms with E-state index in [1.807, 2.05) is 0 Å². The first kappa shape index (κ1) is 58.9. The van der Waals surface area contributed by atoms with Gasteiger partial charge in [0.15, 0.2) is 0 Å². The molecule has 4 aromatic carbocycles. The fourth-order valence-corrected chi connectivity index (χ4v) is 4.60. The molecule has 4 aromatic rings. The van der Waals surface area contributed by atoms with E-state index in [1.165, 1.54) is 32.0 Å². The van der Waals surface area contributed by atoms with Gasteiger partial charge in [-0.15, -0.1) is 52.7 Å². The summed E-state index contributed by atoms with van der Waals surface area (Å²) in [4.78, 5) is 65.6. The van der Waals surface area contributed by atoms with Crippen LogP contribution in [0.25, 0.3) is 0 Å². The first-order valence-electron chi connectivity index (χ1n) is 18.1. The number of methoxy groups -OCH3 is 1. The predicted molar refractivity (Wildman–Crippen MR) is 209 cm³/mol. The van der Waals surface area contributed by atoms with Crippen LogP contribution < -0.4 is 35.3 Å². The van der Waals surface area contributed by atoms with E-state index in [9.17, 15) is 81.5 Å². The van der Waals surface area contributed by atoms with Crippen molar-refractivity contribution in [2.45, 2.75) is 46.2 Å². The summed E-state index contributed by atoms with van der Waals surface area (Å²) in [5.41, 5.74) is 5.58. The number of nitrogens with one attached hydrogen (secondary N) is 2. The maximum atomic E-state index is 12.1. The highest BCUT2D eigenvalue weighted by atomic mass is 19.4. The van der Waals surface area contributed by atoms with Crippen LogP contribution in [0.1, 0.15) is 58.1 Å². The van der Waals surface area contributed by atoms with Crippen LogP contribution in [0, 0.1) is 20.8 Å². The Kier molecular flexibility index (Phi) is 21.4. The number of halogens is 12. The number of benzene rings is 4. The van der Waals surface area contributed by atoms with Crippen molar-refractivity contribution in [1.82, 2.24) is 10.6 Å². The van der Waals surface area contributed by atoms with Gasteiger partial charge in [-0.2, -0.15) is 0 Å². The molecule has 17 nitrogen and oxygen atoms in total. The van der Waals surface area contributed by atoms with E-state index in [0.717, 1.165) is 55.6 Å². The largest absolute Gasteiger partial charge is 0.573 e. The molecule has 4 rings (SSSR count). The van der Waals surface area contributed by atoms with E-state index in [-0.39, 0.29) is 28.9 Å². The van der Waals surface area contributed by atoms with Crippen molar-refractivity contribution in [3.63, 3.8) is 0 Å². The van der Waals surface area contributed by atoms with E-state index < -0.39 is 96.2 Å². The molecule has 2 amide bonds. The van der Waals surface area contributed by atoms with E-state index in [1.54, 1.807) is 6.92 Å². The summed E-state index contributed by atoms with van der Waals surface area (Å²) in [7, 11) is 1.15. The van der Waals surface area contributed by atoms with Crippen LogP contribution in [0.5, 0.6) is 23.0 Å². The second kappa shape index (κ2) is 25.1. The summed E-state index contributed by atoms with van der Waals surface area (Å²) < 4.78 is 162. The second-order valence-corrected chi connectivity index (χ2v) is 12.8. The molecule has 0 fully saturated rings. The van der Waals surface area contributed by atoms with Crippen LogP contribution in [0.15, 0.2) is 72.8 Å². The van der Waals surface area contributed by atoms with Crippen LogP contribution >= 0.6 is 0 Å². The lowest BCUT2D eigenvalue weighted by Crippen LogP contribution is -2.30. The molecule has 0 aliphatic carbocycles. The van der Waals surface area contributed by atoms with E-state index in [2.05, 4.69) is 34.3 Å². The molecule has 69 heavy (non-hydrogen) atoms. The zero-order chi connectivity index (χ0) is 53.2. The van der Waals surface area contributed by atoms with Gasteiger partial charge >= 0.3 is 49.3 Å². The minimum absolute atomic E-state index is 0.0179. The van der Waals surface area contributed by atoms with Crippen LogP contribution in [-0.2, 0) is 14.3 Å². The highest BCUT2D eigenvalue weighted by molar-refractivity contribution is 5.98. The van der Waals surface area contributed by atoms with Gasteiger partial charge in [0.2, 0.25) is 0 Å². The lowest BCUT2D eigenvalue weighted by Gasteiger charge is -2.12. The van der Waals surface area contributed by atoms with Crippen molar-refractivity contribution in [1.29, 1.82) is 0 Å². The smallest absolute Gasteiger partial charge is 0.480 e. The number of amides is 2. The molecule has 0 aliphatic rings. The van der Waals surface area contributed by atoms with E-state index in [4.69, 9.17) is 21.1 Å². The van der Waals surface area contributed by atoms with Gasteiger partial charge < -0.3 is 55.4 Å². The number of ether oxygens (including phenoxy) is 5. The summed E-state index contributed by atoms with van der Waals surface area (Å²) >= 11 is 0. The summed E-state index contributed by atoms with van der Waals surface area (Å²) in [5.74, 6) is -8.31. The molecule has 0 atom stereocenters. The van der Waals surface area contributed by atoms with Crippen LogP contribution in [0.4, 0.5) is 58.4 Å². The number of carboxylic acids is 3. The lowest BCUT2D eigenvalue weighted by atomic mass is 10.1. The van der Waals surface area contributed by atoms with Crippen LogP contribution in [0.3, 0.4) is 0 Å². The second-order valence-electron chi connectivity index (χ2n) is 12.8. The normalized spacial score (nSPS) is 11.0. The zero-order valence-corrected chi connectivity index (χ0v) is 35.3. The molecule has 29 heteroatoms. The molecule has 0 bridgehead atoms. The van der Waals surface area contributed by atoms with E-state index >= 15 is 0 Å². The minimum atomic E-state index is -4.86. The third-order valence-electron chi connectivity index (χ3n) is 7.56. The number of aromatic carboxylic acids is 2. The lowest BCUT2D eigenvalue weighted by molar-refractivity contribution is -0.275. The Morgan fingerprint density at radius 2 is 0.768 bits per heavy atom. The first-order valence-corrected chi connectivity index (χ1v) is 18.1. The molecule has 0 heterocycles. The fourth-order valence-electron chi connectivity index (χ4n) is 4.60. The van der Waals surface area contributed by atoms with Gasteiger partial charge in [-0.25, -0.2) is 9.59 Å². The van der Waals surface area contributed by atoms with Gasteiger partial charge in [0.05, 0.1) is 18.2 Å². The van der Waals surface area contributed by atoms with Crippen molar-refractivity contribution in [3.05, 3.63) is 112 Å². The maximum Gasteiger partial charge on any atom is 0.573 e. The van der Waals surface area contributed by atoms with Gasteiger partial charge in [-0.1, -0.05) is 18.2 Å². The quantitative estimate of drug-likeness (QED) is 0.0447. The molecule has 378 valence electrons. The standard InChI is InChI=1S/C12H12F3NO4.C11H10F3NO4.C9H7F3O3.C8H6F3NO3/c1-7-3-4-8(20-12(13,14)15)5-9(7)11(18)16-6-10(17)19-2;1-6-2-3-7(19-11(12,13)14)4-8(6)10(18)15-5-9(16)17;1-5-2-3-6(15-9(10,11)12)4-7(5)8(13)14;9-8(10,11)15-4-1-2-6(12)5(3-4)7(13)14/h3-5H,6H2,1-2H3,(H,16,18);2-4H,5H2,1H3,(H,15,18)(H,16,17);2-4H,1H3,(H,13,14);1-3H,12H2,(H,13,14). The van der Waals surface area contributed by atoms with E-state index in [0.29, 0.717) is 22.8 Å². The molecular formula is C40H35F12N3O14. The van der Waals surface area contributed by atoms with Gasteiger partial charge in [0.25, 0.3) is 11.8 Å². The fraction of sp³-hybridized carbons (Fsp3) is 0.250. The van der Waals surface area contributed by atoms with Crippen molar-refractivity contribution in [2.24, 2.45) is 0 Å². The average molecular weight is 1010 g/mol. The highest BCUT2D eigenvalue weighted by Gasteiger charge is 2.34. The Hall–Kier alpha value is -8.14. The number of carboxylic acid groups (broad SMARTS) is 3. The molecule has 7 N–H and O–H groups in total. The number of hydrogen-bond donors (Lipinski definition) is 6. The van der Waals surface area contributed by atoms with Crippen molar-refractivity contribution in [2.75, 3.05) is 25.9 Å². The SMILES string of the molecule is COC(=O)CNC(=O)c1cc(OC(F)(F)F)ccc1C.Cc1ccc(OC(F)(F)F)cc1C(=O)NCC(=O)O.Cc1ccc(OC(F)(F)F)cc1C(=O)O.Nc1ccc(OC(F)(F)F)cc1C(=O)O. The van der Waals surface area contributed by atoms with Crippen molar-refractivity contribution >= 4 is 41.4 Å². The Morgan fingerprint density at radius 3 is 1.07 bits per heavy atom. The minimum Gasteiger partial charge on any atom is -0.480 e. The number of carbonyl (C=O) groups excluding carboxylic acids is 3. The Bertz CT molecular complexity index is 2380. The first-order chi connectivity index (χ1) is 31.5. The number of nitrogens with two attached hydrogens (primary N) is 1. The number of anilines is 1. The molecule has 0 saturated carbocycles. The number of aryl methyl sites for hydroxylation is 3.